The van der Waals surface area contributed by atoms with Crippen LogP contribution in [0.25, 0.3) is 0 Å². The van der Waals surface area contributed by atoms with Gasteiger partial charge in [-0.1, -0.05) is 0 Å². The first-order valence-electron chi connectivity index (χ1n) is 5.94. The monoisotopic (exact) mass is 295 g/mol. The van der Waals surface area contributed by atoms with Gasteiger partial charge in [0.15, 0.2) is 0 Å². The molecule has 0 unspecified atom stereocenters. The van der Waals surface area contributed by atoms with Crippen LogP contribution < -0.4 is 10.5 Å². The van der Waals surface area contributed by atoms with Crippen molar-refractivity contribution in [2.24, 2.45) is 5.73 Å². The second-order valence-electron chi connectivity index (χ2n) is 4.31. The molecular weight excluding hydrogens is 283 g/mol. The van der Waals surface area contributed by atoms with Gasteiger partial charge in [-0.2, -0.15) is 13.2 Å². The molecule has 0 amide bonds. The zero-order valence-corrected chi connectivity index (χ0v) is 11.0. The van der Waals surface area contributed by atoms with E-state index in [-0.39, 0.29) is 11.3 Å². The van der Waals surface area contributed by atoms with Crippen molar-refractivity contribution in [3.8, 4) is 11.5 Å². The van der Waals surface area contributed by atoms with Crippen molar-refractivity contribution in [3.63, 3.8) is 0 Å². The molecule has 1 aromatic carbocycles. The number of nitrogens with two attached hydrogens (primary N) is 1. The van der Waals surface area contributed by atoms with Gasteiger partial charge in [0, 0.05) is 11.8 Å². The van der Waals surface area contributed by atoms with Crippen molar-refractivity contribution in [1.29, 1.82) is 5.41 Å². The highest BCUT2D eigenvalue weighted by Gasteiger charge is 2.34. The Morgan fingerprint density at radius 2 is 2.00 bits per heavy atom. The van der Waals surface area contributed by atoms with E-state index < -0.39 is 17.6 Å². The van der Waals surface area contributed by atoms with Gasteiger partial charge in [0.05, 0.1) is 11.3 Å². The van der Waals surface area contributed by atoms with Crippen LogP contribution in [-0.4, -0.2) is 10.8 Å². The number of halogens is 3. The molecule has 7 heteroatoms. The van der Waals surface area contributed by atoms with Crippen LogP contribution in [0.1, 0.15) is 16.8 Å². The zero-order valence-electron chi connectivity index (χ0n) is 11.0. The van der Waals surface area contributed by atoms with Gasteiger partial charge in [-0.15, -0.1) is 0 Å². The number of hydrogen-bond acceptors (Lipinski definition) is 3. The SMILES string of the molecule is Cc1ncccc1Oc1ccc(C(=N)N)c(C(F)(F)F)c1. The van der Waals surface area contributed by atoms with E-state index in [1.165, 1.54) is 6.07 Å². The number of nitrogens with zero attached hydrogens (tertiary/aromatic N) is 1. The van der Waals surface area contributed by atoms with Crippen LogP contribution in [0.2, 0.25) is 0 Å². The second kappa shape index (κ2) is 5.43. The van der Waals surface area contributed by atoms with Crippen molar-refractivity contribution >= 4 is 5.84 Å². The van der Waals surface area contributed by atoms with Crippen LogP contribution in [0, 0.1) is 12.3 Å². The van der Waals surface area contributed by atoms with Crippen LogP contribution in [-0.2, 0) is 6.18 Å². The maximum atomic E-state index is 13.0. The highest BCUT2D eigenvalue weighted by molar-refractivity contribution is 5.96. The topological polar surface area (TPSA) is 72.0 Å². The van der Waals surface area contributed by atoms with Crippen LogP contribution in [0.15, 0.2) is 36.5 Å². The lowest BCUT2D eigenvalue weighted by Crippen LogP contribution is -2.18. The summed E-state index contributed by atoms with van der Waals surface area (Å²) in [6.07, 6.45) is -3.06. The second-order valence-corrected chi connectivity index (χ2v) is 4.31. The summed E-state index contributed by atoms with van der Waals surface area (Å²) < 4.78 is 44.4. The lowest BCUT2D eigenvalue weighted by molar-refractivity contribution is -0.137. The summed E-state index contributed by atoms with van der Waals surface area (Å²) in [5.74, 6) is -0.281. The highest BCUT2D eigenvalue weighted by Crippen LogP contribution is 2.35. The molecule has 2 rings (SSSR count). The summed E-state index contributed by atoms with van der Waals surface area (Å²) in [6.45, 7) is 1.68. The third-order valence-electron chi connectivity index (χ3n) is 2.77. The first-order valence-corrected chi connectivity index (χ1v) is 5.94. The van der Waals surface area contributed by atoms with Crippen molar-refractivity contribution < 1.29 is 17.9 Å². The molecule has 110 valence electrons. The molecular formula is C14H12F3N3O. The van der Waals surface area contributed by atoms with Gasteiger partial charge >= 0.3 is 6.18 Å². The highest BCUT2D eigenvalue weighted by atomic mass is 19.4. The molecule has 1 heterocycles. The fourth-order valence-electron chi connectivity index (χ4n) is 1.76. The smallest absolute Gasteiger partial charge is 0.417 e. The number of ether oxygens (including phenoxy) is 1. The zero-order chi connectivity index (χ0) is 15.6. The molecule has 2 aromatic rings. The molecule has 0 saturated heterocycles. The van der Waals surface area contributed by atoms with Crippen LogP contribution >= 0.6 is 0 Å². The number of nitrogens with one attached hydrogen (secondary N) is 1. The van der Waals surface area contributed by atoms with Crippen molar-refractivity contribution in [1.82, 2.24) is 4.98 Å². The molecule has 1 aromatic heterocycles. The number of aromatic nitrogens is 1. The molecule has 0 aliphatic heterocycles. The Hall–Kier alpha value is -2.57. The minimum absolute atomic E-state index is 0.00317. The first-order chi connectivity index (χ1) is 9.79. The Labute approximate surface area is 118 Å². The Balaban J connectivity index is 2.43. The number of alkyl halides is 3. The number of nitrogen functional groups attached to an aromatic ring is 1. The molecule has 0 atom stereocenters. The van der Waals surface area contributed by atoms with Gasteiger partial charge in [0.2, 0.25) is 0 Å². The number of pyridine rings is 1. The van der Waals surface area contributed by atoms with Gasteiger partial charge in [0.25, 0.3) is 0 Å². The number of rotatable bonds is 3. The summed E-state index contributed by atoms with van der Waals surface area (Å²) in [4.78, 5) is 3.99. The molecule has 21 heavy (non-hydrogen) atoms. The molecule has 0 aliphatic carbocycles. The Kier molecular flexibility index (Phi) is 3.84. The molecule has 0 radical (unpaired) electrons. The Bertz CT molecular complexity index is 683. The molecule has 3 N–H and O–H groups in total. The van der Waals surface area contributed by atoms with E-state index in [2.05, 4.69) is 4.98 Å². The van der Waals surface area contributed by atoms with Crippen molar-refractivity contribution in [3.05, 3.63) is 53.3 Å². The average Bonchev–Trinajstić information content (AvgIpc) is 2.40. The first kappa shape index (κ1) is 14.8. The van der Waals surface area contributed by atoms with E-state index in [1.807, 2.05) is 0 Å². The minimum atomic E-state index is -4.62. The van der Waals surface area contributed by atoms with Crippen LogP contribution in [0.4, 0.5) is 13.2 Å². The maximum absolute atomic E-state index is 13.0. The van der Waals surface area contributed by atoms with E-state index >= 15 is 0 Å². The maximum Gasteiger partial charge on any atom is 0.417 e. The Morgan fingerprint density at radius 3 is 2.57 bits per heavy atom. The van der Waals surface area contributed by atoms with Crippen molar-refractivity contribution in [2.45, 2.75) is 13.1 Å². The number of amidine groups is 1. The quantitative estimate of drug-likeness (QED) is 0.672. The fourth-order valence-corrected chi connectivity index (χ4v) is 1.76. The van der Waals surface area contributed by atoms with Gasteiger partial charge in [-0.05, 0) is 37.3 Å². The lowest BCUT2D eigenvalue weighted by atomic mass is 10.1. The minimum Gasteiger partial charge on any atom is -0.455 e. The summed E-state index contributed by atoms with van der Waals surface area (Å²) in [5, 5.41) is 7.21. The molecule has 0 bridgehead atoms. The standard InChI is InChI=1S/C14H12F3N3O/c1-8-12(3-2-6-20-8)21-9-4-5-10(13(18)19)11(7-9)14(15,16)17/h2-7H,1H3,(H3,18,19). The van der Waals surface area contributed by atoms with E-state index in [9.17, 15) is 13.2 Å². The van der Waals surface area contributed by atoms with Gasteiger partial charge in [-0.3, -0.25) is 10.4 Å². The predicted molar refractivity (Wildman–Crippen MR) is 71.5 cm³/mol. The summed E-state index contributed by atoms with van der Waals surface area (Å²) in [7, 11) is 0. The van der Waals surface area contributed by atoms with E-state index in [0.717, 1.165) is 12.1 Å². The molecule has 0 spiro atoms. The molecule has 0 saturated carbocycles. The molecule has 4 nitrogen and oxygen atoms in total. The average molecular weight is 295 g/mol. The van der Waals surface area contributed by atoms with E-state index in [1.54, 1.807) is 25.3 Å². The van der Waals surface area contributed by atoms with Crippen LogP contribution in [0.5, 0.6) is 11.5 Å². The fraction of sp³-hybridized carbons (Fsp3) is 0.143. The normalized spacial score (nSPS) is 11.2. The largest absolute Gasteiger partial charge is 0.455 e. The molecule has 0 aliphatic rings. The summed E-state index contributed by atoms with van der Waals surface area (Å²) >= 11 is 0. The van der Waals surface area contributed by atoms with Gasteiger partial charge in [-0.25, -0.2) is 0 Å². The summed E-state index contributed by atoms with van der Waals surface area (Å²) in [6, 6.07) is 6.50. The molecule has 0 fully saturated rings. The lowest BCUT2D eigenvalue weighted by Gasteiger charge is -2.14. The van der Waals surface area contributed by atoms with Gasteiger partial charge < -0.3 is 10.5 Å². The number of benzene rings is 1. The Morgan fingerprint density at radius 1 is 1.29 bits per heavy atom. The van der Waals surface area contributed by atoms with Crippen molar-refractivity contribution in [2.75, 3.05) is 0 Å². The van der Waals surface area contributed by atoms with Gasteiger partial charge in [0.1, 0.15) is 17.3 Å². The number of hydrogen-bond donors (Lipinski definition) is 2. The van der Waals surface area contributed by atoms with Crippen LogP contribution in [0.3, 0.4) is 0 Å². The number of aryl methyl sites for hydroxylation is 1. The third kappa shape index (κ3) is 3.31. The van der Waals surface area contributed by atoms with E-state index in [0.29, 0.717) is 11.4 Å². The summed E-state index contributed by atoms with van der Waals surface area (Å²) in [5.41, 5.74) is 4.35. The van der Waals surface area contributed by atoms with E-state index in [4.69, 9.17) is 15.9 Å². The predicted octanol–water partition coefficient (Wildman–Crippen LogP) is 3.49. The third-order valence-corrected chi connectivity index (χ3v) is 2.77.